The van der Waals surface area contributed by atoms with E-state index < -0.39 is 0 Å². The Morgan fingerprint density at radius 2 is 1.44 bits per heavy atom. The van der Waals surface area contributed by atoms with Crippen LogP contribution >= 0.6 is 11.8 Å². The molecule has 0 fully saturated rings. The van der Waals surface area contributed by atoms with Crippen molar-refractivity contribution in [2.45, 2.75) is 104 Å². The second kappa shape index (κ2) is 21.7. The molecular weight excluding hydrogens is 651 g/mol. The van der Waals surface area contributed by atoms with Crippen molar-refractivity contribution in [2.24, 2.45) is 0 Å². The van der Waals surface area contributed by atoms with Crippen LogP contribution in [0.25, 0.3) is 0 Å². The zero-order valence-electron chi connectivity index (χ0n) is 33.8. The minimum atomic E-state index is -0.242. The van der Waals surface area contributed by atoms with Crippen LogP contribution in [0.1, 0.15) is 99.2 Å². The summed E-state index contributed by atoms with van der Waals surface area (Å²) in [6.45, 7) is 28.8. The average Bonchev–Trinajstić information content (AvgIpc) is 3.14. The van der Waals surface area contributed by atoms with E-state index in [9.17, 15) is 0 Å². The van der Waals surface area contributed by atoms with E-state index in [1.54, 1.807) is 0 Å². The molecule has 0 amide bonds. The van der Waals surface area contributed by atoms with Crippen molar-refractivity contribution in [1.29, 1.82) is 0 Å². The monoisotopic (exact) mass is 715 g/mol. The summed E-state index contributed by atoms with van der Waals surface area (Å²) in [4.78, 5) is 4.98. The van der Waals surface area contributed by atoms with E-state index in [-0.39, 0.29) is 5.41 Å². The highest BCUT2D eigenvalue weighted by Crippen LogP contribution is 2.40. The van der Waals surface area contributed by atoms with Crippen molar-refractivity contribution in [3.05, 3.63) is 165 Å². The number of nitrogens with zero attached hydrogens (tertiary/aromatic N) is 1. The van der Waals surface area contributed by atoms with Crippen LogP contribution in [-0.4, -0.2) is 31.6 Å². The molecule has 0 aliphatic rings. The minimum absolute atomic E-state index is 0.242. The van der Waals surface area contributed by atoms with Gasteiger partial charge in [-0.15, -0.1) is 0 Å². The first-order valence-corrected chi connectivity index (χ1v) is 20.0. The molecule has 0 aromatic heterocycles. The number of thioether (sulfide) groups is 1. The van der Waals surface area contributed by atoms with Crippen molar-refractivity contribution in [3.63, 3.8) is 0 Å². The van der Waals surface area contributed by atoms with Crippen LogP contribution in [0.5, 0.6) is 5.75 Å². The standard InChI is InChI=1S/C35H45NO.C14H20S/c1-7-16-31-21-22-34(28(3)25-31)37-24-15-23-36(6)27-30(8-2)26-29(4)35(5,32-17-11-9-12-18-32)33-19-13-10-14-20-33;1-6-7-13-9-8-11(4)12(5)14(13)15-10(2)3/h8-14,17-22,25H,4,7,15-16,23-24,26-27H2,1-3,5-6H3;8-9H,2,6-7H2,1,3-5H3/b30-8+;. The lowest BCUT2D eigenvalue weighted by Gasteiger charge is -2.34. The molecule has 278 valence electrons. The van der Waals surface area contributed by atoms with E-state index in [1.165, 1.54) is 72.7 Å². The van der Waals surface area contributed by atoms with Gasteiger partial charge in [0.25, 0.3) is 0 Å². The molecule has 0 radical (unpaired) electrons. The highest BCUT2D eigenvalue weighted by molar-refractivity contribution is 8.03. The summed E-state index contributed by atoms with van der Waals surface area (Å²) in [5, 5.41) is 0. The Kier molecular flexibility index (Phi) is 17.8. The Morgan fingerprint density at radius 1 is 0.827 bits per heavy atom. The van der Waals surface area contributed by atoms with Crippen LogP contribution in [0.15, 0.2) is 131 Å². The molecule has 2 nitrogen and oxygen atoms in total. The molecule has 0 aliphatic heterocycles. The quantitative estimate of drug-likeness (QED) is 0.0578. The van der Waals surface area contributed by atoms with Gasteiger partial charge in [0.1, 0.15) is 5.75 Å². The molecule has 4 aromatic rings. The van der Waals surface area contributed by atoms with E-state index in [1.807, 2.05) is 11.8 Å². The van der Waals surface area contributed by atoms with Gasteiger partial charge in [0, 0.05) is 23.4 Å². The maximum Gasteiger partial charge on any atom is 0.122 e. The number of likely N-dealkylation sites (N-methyl/N-ethyl adjacent to an activating group) is 1. The molecule has 0 unspecified atom stereocenters. The molecule has 0 heterocycles. The predicted molar refractivity (Wildman–Crippen MR) is 230 cm³/mol. The van der Waals surface area contributed by atoms with Crippen molar-refractivity contribution >= 4 is 11.8 Å². The van der Waals surface area contributed by atoms with E-state index in [2.05, 4.69) is 178 Å². The lowest BCUT2D eigenvalue weighted by Crippen LogP contribution is -2.28. The van der Waals surface area contributed by atoms with Gasteiger partial charge in [0.05, 0.1) is 6.61 Å². The Labute approximate surface area is 322 Å². The fourth-order valence-corrected chi connectivity index (χ4v) is 7.67. The summed E-state index contributed by atoms with van der Waals surface area (Å²) < 4.78 is 6.10. The molecular formula is C49H65NOS. The smallest absolute Gasteiger partial charge is 0.122 e. The third kappa shape index (κ3) is 12.4. The average molecular weight is 716 g/mol. The van der Waals surface area contributed by atoms with Gasteiger partial charge in [-0.2, -0.15) is 0 Å². The molecule has 0 aliphatic carbocycles. The Balaban J connectivity index is 0.000000406. The highest BCUT2D eigenvalue weighted by Gasteiger charge is 2.32. The van der Waals surface area contributed by atoms with E-state index in [0.29, 0.717) is 0 Å². The van der Waals surface area contributed by atoms with E-state index in [4.69, 9.17) is 4.74 Å². The van der Waals surface area contributed by atoms with Crippen molar-refractivity contribution in [1.82, 2.24) is 4.90 Å². The summed E-state index contributed by atoms with van der Waals surface area (Å²) in [6, 6.07) is 32.6. The van der Waals surface area contributed by atoms with Gasteiger partial charge in [0.15, 0.2) is 0 Å². The van der Waals surface area contributed by atoms with Gasteiger partial charge >= 0.3 is 0 Å². The molecule has 0 atom stereocenters. The number of ether oxygens (including phenoxy) is 1. The largest absolute Gasteiger partial charge is 0.493 e. The number of aryl methyl sites for hydroxylation is 4. The second-order valence-electron chi connectivity index (χ2n) is 14.4. The summed E-state index contributed by atoms with van der Waals surface area (Å²) in [5.41, 5.74) is 11.8. The van der Waals surface area contributed by atoms with Crippen molar-refractivity contribution in [2.75, 3.05) is 26.7 Å². The zero-order valence-corrected chi connectivity index (χ0v) is 34.6. The first-order chi connectivity index (χ1) is 24.9. The van der Waals surface area contributed by atoms with Gasteiger partial charge in [-0.3, -0.25) is 0 Å². The number of allylic oxidation sites excluding steroid dienone is 3. The van der Waals surface area contributed by atoms with Crippen molar-refractivity contribution < 1.29 is 4.74 Å². The minimum Gasteiger partial charge on any atom is -0.493 e. The number of hydrogen-bond acceptors (Lipinski definition) is 3. The molecule has 4 aromatic carbocycles. The van der Waals surface area contributed by atoms with Crippen LogP contribution in [-0.2, 0) is 18.3 Å². The van der Waals surface area contributed by atoms with Gasteiger partial charge in [-0.05, 0) is 124 Å². The molecule has 52 heavy (non-hydrogen) atoms. The lowest BCUT2D eigenvalue weighted by molar-refractivity contribution is 0.269. The molecule has 0 spiro atoms. The number of hydrogen-bond donors (Lipinski definition) is 0. The summed E-state index contributed by atoms with van der Waals surface area (Å²) in [6.07, 6.45) is 8.79. The molecule has 0 saturated carbocycles. The van der Waals surface area contributed by atoms with Crippen LogP contribution < -0.4 is 4.74 Å². The predicted octanol–water partition coefficient (Wildman–Crippen LogP) is 13.4. The summed E-state index contributed by atoms with van der Waals surface area (Å²) >= 11 is 1.81. The topological polar surface area (TPSA) is 12.5 Å². The van der Waals surface area contributed by atoms with Gasteiger partial charge in [-0.25, -0.2) is 0 Å². The fraction of sp³-hybridized carbons (Fsp3) is 0.388. The van der Waals surface area contributed by atoms with Crippen LogP contribution in [0, 0.1) is 20.8 Å². The third-order valence-corrected chi connectivity index (χ3v) is 11.1. The molecule has 0 saturated heterocycles. The second-order valence-corrected chi connectivity index (χ2v) is 15.7. The zero-order chi connectivity index (χ0) is 38.1. The highest BCUT2D eigenvalue weighted by atomic mass is 32.2. The first kappa shape index (κ1) is 42.6. The van der Waals surface area contributed by atoms with Crippen LogP contribution in [0.2, 0.25) is 0 Å². The number of benzene rings is 4. The van der Waals surface area contributed by atoms with E-state index >= 15 is 0 Å². The normalized spacial score (nSPS) is 11.6. The first-order valence-electron chi connectivity index (χ1n) is 19.2. The Bertz CT molecular complexity index is 1700. The molecule has 0 N–H and O–H groups in total. The lowest BCUT2D eigenvalue weighted by atomic mass is 9.69. The van der Waals surface area contributed by atoms with Gasteiger partial charge in [0.2, 0.25) is 0 Å². The van der Waals surface area contributed by atoms with Gasteiger partial charge < -0.3 is 9.64 Å². The third-order valence-electron chi connectivity index (χ3n) is 10.0. The number of rotatable bonds is 18. The Morgan fingerprint density at radius 3 is 1.98 bits per heavy atom. The summed E-state index contributed by atoms with van der Waals surface area (Å²) in [5.74, 6) is 1.01. The molecule has 0 bridgehead atoms. The van der Waals surface area contributed by atoms with Gasteiger partial charge in [-0.1, -0.05) is 154 Å². The van der Waals surface area contributed by atoms with Crippen LogP contribution in [0.3, 0.4) is 0 Å². The van der Waals surface area contributed by atoms with Crippen molar-refractivity contribution in [3.8, 4) is 5.75 Å². The van der Waals surface area contributed by atoms with Crippen LogP contribution in [0.4, 0.5) is 0 Å². The maximum absolute atomic E-state index is 6.10. The van der Waals surface area contributed by atoms with E-state index in [0.717, 1.165) is 51.1 Å². The summed E-state index contributed by atoms with van der Waals surface area (Å²) in [7, 11) is 2.20. The Hall–Kier alpha value is -3.79. The molecule has 3 heteroatoms. The maximum atomic E-state index is 6.10. The fourth-order valence-electron chi connectivity index (χ4n) is 6.71. The molecule has 4 rings (SSSR count). The SMILES string of the molecule is C=C(C)Sc1c(CCC)ccc(C)c1C.C=C(C/C(=C\C)CN(C)CCCOc1ccc(CCC)cc1C)C(C)(c1ccccc1)c1ccccc1.